The van der Waals surface area contributed by atoms with Crippen LogP contribution in [0.25, 0.3) is 0 Å². The summed E-state index contributed by atoms with van der Waals surface area (Å²) in [6.07, 6.45) is 0.424. The largest absolute Gasteiger partial charge is 0.351 e. The van der Waals surface area contributed by atoms with Crippen LogP contribution in [0.2, 0.25) is 0 Å². The van der Waals surface area contributed by atoms with Gasteiger partial charge < -0.3 is 5.32 Å². The Hall–Kier alpha value is -1.09. The Labute approximate surface area is 98.5 Å². The van der Waals surface area contributed by atoms with E-state index >= 15 is 0 Å². The molecule has 1 aromatic rings. The van der Waals surface area contributed by atoms with Crippen LogP contribution in [0, 0.1) is 6.92 Å². The summed E-state index contributed by atoms with van der Waals surface area (Å²) in [5, 5.41) is 2.77. The summed E-state index contributed by atoms with van der Waals surface area (Å²) >= 11 is 3.19. The molecular weight excluding hydrogens is 254 g/mol. The van der Waals surface area contributed by atoms with Crippen LogP contribution < -0.4 is 5.32 Å². The van der Waals surface area contributed by atoms with Gasteiger partial charge in [-0.2, -0.15) is 0 Å². The van der Waals surface area contributed by atoms with Crippen molar-refractivity contribution in [1.82, 2.24) is 5.32 Å². The summed E-state index contributed by atoms with van der Waals surface area (Å²) in [5.41, 5.74) is 2.21. The van der Waals surface area contributed by atoms with Crippen LogP contribution in [0.4, 0.5) is 0 Å². The van der Waals surface area contributed by atoms with Crippen LogP contribution >= 0.6 is 15.9 Å². The highest BCUT2D eigenvalue weighted by Crippen LogP contribution is 2.07. The maximum atomic E-state index is 11.5. The summed E-state index contributed by atoms with van der Waals surface area (Å²) in [4.78, 5) is 11.5. The number of carbonyl (C=O) groups excluding carboxylic acids is 1. The first-order chi connectivity index (χ1) is 7.09. The van der Waals surface area contributed by atoms with E-state index in [0.717, 1.165) is 15.6 Å². The molecule has 0 heterocycles. The zero-order chi connectivity index (χ0) is 11.3. The van der Waals surface area contributed by atoms with Crippen LogP contribution in [-0.2, 0) is 11.2 Å². The summed E-state index contributed by atoms with van der Waals surface area (Å²) in [5.74, 6) is 0.0184. The molecule has 0 atom stereocenters. The van der Waals surface area contributed by atoms with Gasteiger partial charge in [0.05, 0.1) is 6.42 Å². The molecule has 0 saturated carbocycles. The fourth-order valence-corrected chi connectivity index (χ4v) is 1.38. The third-order valence-electron chi connectivity index (χ3n) is 2.09. The molecule has 1 N–H and O–H groups in total. The zero-order valence-electron chi connectivity index (χ0n) is 8.72. The first kappa shape index (κ1) is 12.0. The lowest BCUT2D eigenvalue weighted by Gasteiger charge is -2.06. The second kappa shape index (κ2) is 5.71. The average Bonchev–Trinajstić information content (AvgIpc) is 2.18. The van der Waals surface area contributed by atoms with E-state index in [1.807, 2.05) is 31.2 Å². The van der Waals surface area contributed by atoms with Gasteiger partial charge in [0.1, 0.15) is 0 Å². The fraction of sp³-hybridized carbons (Fsp3) is 0.250. The molecule has 0 saturated heterocycles. The Morgan fingerprint density at radius 1 is 1.47 bits per heavy atom. The summed E-state index contributed by atoms with van der Waals surface area (Å²) in [7, 11) is 0. The molecule has 0 aromatic heterocycles. The zero-order valence-corrected chi connectivity index (χ0v) is 10.3. The molecule has 1 aromatic carbocycles. The van der Waals surface area contributed by atoms with E-state index in [9.17, 15) is 4.79 Å². The van der Waals surface area contributed by atoms with Gasteiger partial charge in [0.15, 0.2) is 0 Å². The molecule has 3 heteroatoms. The van der Waals surface area contributed by atoms with Crippen molar-refractivity contribution in [3.8, 4) is 0 Å². The standard InChI is InChI=1S/C12H14BrNO/c1-9-5-3-4-6-11(9)7-12(15)14-8-10(2)13/h3-6H,2,7-8H2,1H3,(H,14,15). The van der Waals surface area contributed by atoms with Crippen LogP contribution in [0.3, 0.4) is 0 Å². The molecule has 0 aliphatic heterocycles. The van der Waals surface area contributed by atoms with Crippen molar-refractivity contribution in [2.75, 3.05) is 6.54 Å². The number of amides is 1. The van der Waals surface area contributed by atoms with Crippen LogP contribution in [-0.4, -0.2) is 12.5 Å². The third-order valence-corrected chi connectivity index (χ3v) is 2.37. The molecule has 0 fully saturated rings. The molecule has 2 nitrogen and oxygen atoms in total. The van der Waals surface area contributed by atoms with Crippen LogP contribution in [0.1, 0.15) is 11.1 Å². The average molecular weight is 268 g/mol. The van der Waals surface area contributed by atoms with Gasteiger partial charge in [-0.15, -0.1) is 0 Å². The number of halogens is 1. The number of benzene rings is 1. The third kappa shape index (κ3) is 4.30. The van der Waals surface area contributed by atoms with Crippen LogP contribution in [0.5, 0.6) is 0 Å². The minimum atomic E-state index is 0.0184. The predicted molar refractivity (Wildman–Crippen MR) is 66.0 cm³/mol. The van der Waals surface area contributed by atoms with Gasteiger partial charge in [-0.05, 0) is 18.1 Å². The second-order valence-electron chi connectivity index (χ2n) is 3.40. The monoisotopic (exact) mass is 267 g/mol. The first-order valence-electron chi connectivity index (χ1n) is 4.74. The fourth-order valence-electron chi connectivity index (χ4n) is 1.24. The molecular formula is C12H14BrNO. The smallest absolute Gasteiger partial charge is 0.224 e. The minimum Gasteiger partial charge on any atom is -0.351 e. The van der Waals surface area contributed by atoms with Gasteiger partial charge in [-0.25, -0.2) is 0 Å². The van der Waals surface area contributed by atoms with E-state index in [1.54, 1.807) is 0 Å². The minimum absolute atomic E-state index is 0.0184. The Morgan fingerprint density at radius 2 is 2.13 bits per heavy atom. The maximum Gasteiger partial charge on any atom is 0.224 e. The van der Waals surface area contributed by atoms with Crippen LogP contribution in [0.15, 0.2) is 35.3 Å². The van der Waals surface area contributed by atoms with Gasteiger partial charge in [0.2, 0.25) is 5.91 Å². The summed E-state index contributed by atoms with van der Waals surface area (Å²) < 4.78 is 0.778. The molecule has 80 valence electrons. The molecule has 0 unspecified atom stereocenters. The van der Waals surface area contributed by atoms with Crippen molar-refractivity contribution in [2.45, 2.75) is 13.3 Å². The Morgan fingerprint density at radius 3 is 2.73 bits per heavy atom. The summed E-state index contributed by atoms with van der Waals surface area (Å²) in [6.45, 7) is 6.14. The molecule has 0 aliphatic rings. The van der Waals surface area contributed by atoms with Gasteiger partial charge in [-0.3, -0.25) is 4.79 Å². The number of hydrogen-bond acceptors (Lipinski definition) is 1. The lowest BCUT2D eigenvalue weighted by Crippen LogP contribution is -2.26. The maximum absolute atomic E-state index is 11.5. The van der Waals surface area contributed by atoms with E-state index in [4.69, 9.17) is 0 Å². The predicted octanol–water partition coefficient (Wildman–Crippen LogP) is 2.56. The van der Waals surface area contributed by atoms with E-state index in [2.05, 4.69) is 27.8 Å². The molecule has 15 heavy (non-hydrogen) atoms. The van der Waals surface area contributed by atoms with E-state index in [0.29, 0.717) is 13.0 Å². The number of carbonyl (C=O) groups is 1. The molecule has 1 amide bonds. The lowest BCUT2D eigenvalue weighted by atomic mass is 10.1. The van der Waals surface area contributed by atoms with Crippen molar-refractivity contribution in [3.63, 3.8) is 0 Å². The molecule has 0 aliphatic carbocycles. The van der Waals surface area contributed by atoms with Crippen molar-refractivity contribution in [2.24, 2.45) is 0 Å². The number of nitrogens with one attached hydrogen (secondary N) is 1. The topological polar surface area (TPSA) is 29.1 Å². The highest BCUT2D eigenvalue weighted by molar-refractivity contribution is 9.11. The molecule has 0 radical (unpaired) electrons. The van der Waals surface area contributed by atoms with Crippen molar-refractivity contribution >= 4 is 21.8 Å². The van der Waals surface area contributed by atoms with Gasteiger partial charge >= 0.3 is 0 Å². The molecule has 0 spiro atoms. The quantitative estimate of drug-likeness (QED) is 0.893. The Balaban J connectivity index is 2.52. The Kier molecular flexibility index (Phi) is 4.56. The number of rotatable bonds is 4. The molecule has 1 rings (SSSR count). The van der Waals surface area contributed by atoms with Crippen molar-refractivity contribution in [3.05, 3.63) is 46.5 Å². The lowest BCUT2D eigenvalue weighted by molar-refractivity contribution is -0.120. The van der Waals surface area contributed by atoms with Crippen molar-refractivity contribution < 1.29 is 4.79 Å². The van der Waals surface area contributed by atoms with E-state index in [-0.39, 0.29) is 5.91 Å². The van der Waals surface area contributed by atoms with Gasteiger partial charge in [0, 0.05) is 11.0 Å². The normalized spacial score (nSPS) is 9.73. The summed E-state index contributed by atoms with van der Waals surface area (Å²) in [6, 6.07) is 7.89. The van der Waals surface area contributed by atoms with E-state index < -0.39 is 0 Å². The van der Waals surface area contributed by atoms with E-state index in [1.165, 1.54) is 0 Å². The first-order valence-corrected chi connectivity index (χ1v) is 5.53. The second-order valence-corrected chi connectivity index (χ2v) is 4.52. The highest BCUT2D eigenvalue weighted by Gasteiger charge is 2.04. The highest BCUT2D eigenvalue weighted by atomic mass is 79.9. The number of aryl methyl sites for hydroxylation is 1. The van der Waals surface area contributed by atoms with Gasteiger partial charge in [0.25, 0.3) is 0 Å². The van der Waals surface area contributed by atoms with Crippen molar-refractivity contribution in [1.29, 1.82) is 0 Å². The van der Waals surface area contributed by atoms with Gasteiger partial charge in [-0.1, -0.05) is 46.8 Å². The molecule has 0 bridgehead atoms. The Bertz CT molecular complexity index is 374. The SMILES string of the molecule is C=C(Br)CNC(=O)Cc1ccccc1C. The number of hydrogen-bond donors (Lipinski definition) is 1.